The van der Waals surface area contributed by atoms with Crippen molar-refractivity contribution in [2.75, 3.05) is 33.9 Å². The highest BCUT2D eigenvalue weighted by molar-refractivity contribution is 5.91. The summed E-state index contributed by atoms with van der Waals surface area (Å²) in [6, 6.07) is 0. The molecule has 2 rings (SSSR count). The molecule has 1 aliphatic heterocycles. The van der Waals surface area contributed by atoms with Gasteiger partial charge in [0.25, 0.3) is 0 Å². The molecule has 0 unspecified atom stereocenters. The third-order valence-electron chi connectivity index (χ3n) is 2.87. The quantitative estimate of drug-likeness (QED) is 0.639. The number of amides is 1. The van der Waals surface area contributed by atoms with Crippen molar-refractivity contribution in [2.45, 2.75) is 18.4 Å². The van der Waals surface area contributed by atoms with Crippen LogP contribution in [-0.4, -0.2) is 55.1 Å². The first-order valence-corrected chi connectivity index (χ1v) is 4.83. The zero-order chi connectivity index (χ0) is 9.47. The molecule has 0 radical (unpaired) electrons. The second-order valence-corrected chi connectivity index (χ2v) is 4.29. The number of hydrogen-bond acceptors (Lipinski definition) is 3. The predicted octanol–water partition coefficient (Wildman–Crippen LogP) is -0.530. The van der Waals surface area contributed by atoms with Gasteiger partial charge in [-0.15, -0.1) is 0 Å². The Hall–Kier alpha value is -0.610. The van der Waals surface area contributed by atoms with E-state index >= 15 is 0 Å². The standard InChI is InChI=1S/C9H17N3O/c1-11(2)5-6-12-7-10-9(3-4-9)8(12)13/h10H,3-7H2,1-2H3. The Morgan fingerprint density at radius 2 is 2.23 bits per heavy atom. The van der Waals surface area contributed by atoms with Gasteiger partial charge in [-0.25, -0.2) is 0 Å². The number of rotatable bonds is 3. The summed E-state index contributed by atoms with van der Waals surface area (Å²) in [5.41, 5.74) is -0.119. The fourth-order valence-corrected chi connectivity index (χ4v) is 1.71. The maximum Gasteiger partial charge on any atom is 0.244 e. The largest absolute Gasteiger partial charge is 0.327 e. The van der Waals surface area contributed by atoms with Crippen molar-refractivity contribution in [1.82, 2.24) is 15.1 Å². The molecule has 1 aliphatic carbocycles. The van der Waals surface area contributed by atoms with Crippen LogP contribution in [0, 0.1) is 0 Å². The van der Waals surface area contributed by atoms with Crippen molar-refractivity contribution in [3.63, 3.8) is 0 Å². The molecule has 0 atom stereocenters. The van der Waals surface area contributed by atoms with Gasteiger partial charge in [-0.1, -0.05) is 0 Å². The predicted molar refractivity (Wildman–Crippen MR) is 50.2 cm³/mol. The number of likely N-dealkylation sites (N-methyl/N-ethyl adjacent to an activating group) is 1. The highest BCUT2D eigenvalue weighted by Gasteiger charge is 2.55. The van der Waals surface area contributed by atoms with E-state index in [1.165, 1.54) is 0 Å². The fourth-order valence-electron chi connectivity index (χ4n) is 1.71. The van der Waals surface area contributed by atoms with Crippen LogP contribution >= 0.6 is 0 Å². The smallest absolute Gasteiger partial charge is 0.244 e. The Kier molecular flexibility index (Phi) is 2.04. The summed E-state index contributed by atoms with van der Waals surface area (Å²) in [6.07, 6.45) is 2.06. The average Bonchev–Trinajstić information content (AvgIpc) is 2.77. The topological polar surface area (TPSA) is 35.6 Å². The van der Waals surface area contributed by atoms with Gasteiger partial charge >= 0.3 is 0 Å². The SMILES string of the molecule is CN(C)CCN1CNC2(CC2)C1=O. The van der Waals surface area contributed by atoms with E-state index in [2.05, 4.69) is 10.2 Å². The van der Waals surface area contributed by atoms with E-state index in [9.17, 15) is 4.79 Å². The molecule has 1 amide bonds. The van der Waals surface area contributed by atoms with Gasteiger partial charge in [-0.2, -0.15) is 0 Å². The summed E-state index contributed by atoms with van der Waals surface area (Å²) in [5, 5.41) is 3.29. The van der Waals surface area contributed by atoms with Crippen LogP contribution in [0.1, 0.15) is 12.8 Å². The Bertz CT molecular complexity index is 223. The molecule has 0 aromatic rings. The Morgan fingerprint density at radius 1 is 1.54 bits per heavy atom. The summed E-state index contributed by atoms with van der Waals surface area (Å²) >= 11 is 0. The lowest BCUT2D eigenvalue weighted by Crippen LogP contribution is -2.36. The van der Waals surface area contributed by atoms with Crippen LogP contribution in [0.4, 0.5) is 0 Å². The lowest BCUT2D eigenvalue weighted by Gasteiger charge is -2.17. The van der Waals surface area contributed by atoms with Crippen LogP contribution in [0.5, 0.6) is 0 Å². The Labute approximate surface area is 78.9 Å². The first kappa shape index (κ1) is 8.97. The molecule has 2 aliphatic rings. The molecule has 4 heteroatoms. The molecule has 1 saturated heterocycles. The van der Waals surface area contributed by atoms with Crippen molar-refractivity contribution < 1.29 is 4.79 Å². The minimum Gasteiger partial charge on any atom is -0.327 e. The van der Waals surface area contributed by atoms with Gasteiger partial charge in [0.2, 0.25) is 5.91 Å². The summed E-state index contributed by atoms with van der Waals surface area (Å²) in [4.78, 5) is 15.8. The van der Waals surface area contributed by atoms with E-state index in [4.69, 9.17) is 0 Å². The molecular weight excluding hydrogens is 166 g/mol. The molecule has 1 saturated carbocycles. The minimum atomic E-state index is -0.119. The second kappa shape index (κ2) is 2.96. The molecule has 4 nitrogen and oxygen atoms in total. The molecule has 1 spiro atoms. The van der Waals surface area contributed by atoms with E-state index in [1.54, 1.807) is 0 Å². The van der Waals surface area contributed by atoms with Crippen molar-refractivity contribution in [3.8, 4) is 0 Å². The van der Waals surface area contributed by atoms with E-state index in [-0.39, 0.29) is 5.54 Å². The number of carbonyl (C=O) groups excluding carboxylic acids is 1. The summed E-state index contributed by atoms with van der Waals surface area (Å²) in [5.74, 6) is 0.314. The van der Waals surface area contributed by atoms with Crippen LogP contribution in [0.15, 0.2) is 0 Å². The van der Waals surface area contributed by atoms with Crippen molar-refractivity contribution in [1.29, 1.82) is 0 Å². The van der Waals surface area contributed by atoms with Gasteiger partial charge in [-0.05, 0) is 26.9 Å². The van der Waals surface area contributed by atoms with E-state index in [0.29, 0.717) is 5.91 Å². The minimum absolute atomic E-state index is 0.119. The highest BCUT2D eigenvalue weighted by Crippen LogP contribution is 2.39. The number of nitrogens with zero attached hydrogens (tertiary/aromatic N) is 2. The van der Waals surface area contributed by atoms with Crippen molar-refractivity contribution in [2.24, 2.45) is 0 Å². The molecule has 13 heavy (non-hydrogen) atoms. The summed E-state index contributed by atoms with van der Waals surface area (Å²) in [7, 11) is 4.06. The van der Waals surface area contributed by atoms with Gasteiger partial charge in [0, 0.05) is 13.1 Å². The molecule has 1 N–H and O–H groups in total. The molecule has 1 heterocycles. The maximum absolute atomic E-state index is 11.7. The van der Waals surface area contributed by atoms with Crippen LogP contribution in [0.25, 0.3) is 0 Å². The average molecular weight is 183 g/mol. The van der Waals surface area contributed by atoms with Crippen LogP contribution < -0.4 is 5.32 Å². The van der Waals surface area contributed by atoms with E-state index < -0.39 is 0 Å². The van der Waals surface area contributed by atoms with E-state index in [0.717, 1.165) is 32.6 Å². The van der Waals surface area contributed by atoms with Gasteiger partial charge in [-0.3, -0.25) is 10.1 Å². The number of carbonyl (C=O) groups is 1. The third kappa shape index (κ3) is 1.56. The second-order valence-electron chi connectivity index (χ2n) is 4.29. The molecule has 0 aromatic heterocycles. The zero-order valence-corrected chi connectivity index (χ0v) is 8.34. The van der Waals surface area contributed by atoms with Gasteiger partial charge in [0.05, 0.1) is 12.2 Å². The molecule has 2 fully saturated rings. The first-order chi connectivity index (χ1) is 6.14. The van der Waals surface area contributed by atoms with Crippen molar-refractivity contribution >= 4 is 5.91 Å². The monoisotopic (exact) mass is 183 g/mol. The molecular formula is C9H17N3O. The maximum atomic E-state index is 11.7. The lowest BCUT2D eigenvalue weighted by atomic mass is 10.3. The lowest BCUT2D eigenvalue weighted by molar-refractivity contribution is -0.129. The van der Waals surface area contributed by atoms with Gasteiger partial charge in [0.1, 0.15) is 0 Å². The normalized spacial score (nSPS) is 24.8. The zero-order valence-electron chi connectivity index (χ0n) is 8.34. The summed E-state index contributed by atoms with van der Waals surface area (Å²) in [6.45, 7) is 2.54. The number of hydrogen-bond donors (Lipinski definition) is 1. The third-order valence-corrected chi connectivity index (χ3v) is 2.87. The molecule has 0 aromatic carbocycles. The van der Waals surface area contributed by atoms with E-state index in [1.807, 2.05) is 19.0 Å². The highest BCUT2D eigenvalue weighted by atomic mass is 16.2. The first-order valence-electron chi connectivity index (χ1n) is 4.83. The van der Waals surface area contributed by atoms with Crippen molar-refractivity contribution in [3.05, 3.63) is 0 Å². The Morgan fingerprint density at radius 3 is 2.69 bits per heavy atom. The molecule has 0 bridgehead atoms. The van der Waals surface area contributed by atoms with Crippen LogP contribution in [0.2, 0.25) is 0 Å². The fraction of sp³-hybridized carbons (Fsp3) is 0.889. The van der Waals surface area contributed by atoms with Gasteiger partial charge in [0.15, 0.2) is 0 Å². The van der Waals surface area contributed by atoms with Crippen LogP contribution in [-0.2, 0) is 4.79 Å². The van der Waals surface area contributed by atoms with Crippen LogP contribution in [0.3, 0.4) is 0 Å². The van der Waals surface area contributed by atoms with Gasteiger partial charge < -0.3 is 9.80 Å². The summed E-state index contributed by atoms with van der Waals surface area (Å²) < 4.78 is 0. The Balaban J connectivity index is 1.85. The number of nitrogens with one attached hydrogen (secondary N) is 1. The molecule has 74 valence electrons.